The highest BCUT2D eigenvalue weighted by Crippen LogP contribution is 2.35. The molecule has 2 N–H and O–H groups in total. The van der Waals surface area contributed by atoms with Crippen LogP contribution >= 0.6 is 0 Å². The predicted molar refractivity (Wildman–Crippen MR) is 43.0 cm³/mol. The average molecular weight is 173 g/mol. The molecule has 4 heteroatoms. The van der Waals surface area contributed by atoms with Crippen LogP contribution in [0, 0.1) is 11.3 Å². The summed E-state index contributed by atoms with van der Waals surface area (Å²) in [6.07, 6.45) is -0.0615. The summed E-state index contributed by atoms with van der Waals surface area (Å²) in [5.41, 5.74) is -0.0306. The molecule has 4 nitrogen and oxygen atoms in total. The van der Waals surface area contributed by atoms with Gasteiger partial charge in [-0.05, 0) is 5.41 Å². The number of hydrogen-bond donors (Lipinski definition) is 1. The van der Waals surface area contributed by atoms with E-state index in [9.17, 15) is 4.79 Å². The Morgan fingerprint density at radius 2 is 2.17 bits per heavy atom. The van der Waals surface area contributed by atoms with E-state index < -0.39 is 0 Å². The highest BCUT2D eigenvalue weighted by Gasteiger charge is 2.45. The minimum atomic E-state index is -0.374. The molecule has 0 aromatic heterocycles. The van der Waals surface area contributed by atoms with Gasteiger partial charge in [0.2, 0.25) is 0 Å². The van der Waals surface area contributed by atoms with Gasteiger partial charge in [0.1, 0.15) is 5.92 Å². The van der Waals surface area contributed by atoms with E-state index in [1.54, 1.807) is 0 Å². The Bertz CT molecular complexity index is 185. The molecular formula is C8H15NO3. The minimum Gasteiger partial charge on any atom is -0.376 e. The zero-order chi connectivity index (χ0) is 9.35. The molecule has 1 fully saturated rings. The molecule has 1 aliphatic rings. The fourth-order valence-corrected chi connectivity index (χ4v) is 1.42. The Morgan fingerprint density at radius 1 is 1.58 bits per heavy atom. The van der Waals surface area contributed by atoms with Crippen molar-refractivity contribution in [3.63, 3.8) is 0 Å². The van der Waals surface area contributed by atoms with Gasteiger partial charge in [0.15, 0.2) is 0 Å². The molecule has 0 aromatic rings. The lowest BCUT2D eigenvalue weighted by Crippen LogP contribution is -2.52. The first-order chi connectivity index (χ1) is 5.46. The molecule has 0 saturated carbocycles. The first kappa shape index (κ1) is 9.48. The number of carbonyl (C=O) groups excluding carboxylic acids is 1. The van der Waals surface area contributed by atoms with E-state index in [-0.39, 0.29) is 23.4 Å². The highest BCUT2D eigenvalue weighted by molar-refractivity contribution is 5.73. The van der Waals surface area contributed by atoms with E-state index in [1.165, 1.54) is 0 Å². The van der Waals surface area contributed by atoms with E-state index in [4.69, 9.17) is 10.6 Å². The zero-order valence-corrected chi connectivity index (χ0v) is 7.66. The molecule has 1 saturated heterocycles. The summed E-state index contributed by atoms with van der Waals surface area (Å²) in [6, 6.07) is 0. The van der Waals surface area contributed by atoms with Gasteiger partial charge in [-0.1, -0.05) is 20.8 Å². The van der Waals surface area contributed by atoms with Crippen molar-refractivity contribution in [3.8, 4) is 0 Å². The molecule has 1 rings (SSSR count). The largest absolute Gasteiger partial charge is 0.376 e. The molecule has 1 heterocycles. The van der Waals surface area contributed by atoms with Crippen LogP contribution in [0.4, 0.5) is 0 Å². The van der Waals surface area contributed by atoms with Gasteiger partial charge in [-0.3, -0.25) is 0 Å². The molecule has 0 aromatic carbocycles. The van der Waals surface area contributed by atoms with E-state index in [1.807, 2.05) is 20.8 Å². The SMILES string of the molecule is CC(C)(C)C1OCC1C(=O)ON. The van der Waals surface area contributed by atoms with Crippen molar-refractivity contribution in [2.75, 3.05) is 6.61 Å². The van der Waals surface area contributed by atoms with Crippen LogP contribution in [-0.2, 0) is 14.4 Å². The van der Waals surface area contributed by atoms with E-state index in [0.717, 1.165) is 0 Å². The Balaban J connectivity index is 2.55. The molecule has 0 radical (unpaired) electrons. The summed E-state index contributed by atoms with van der Waals surface area (Å²) in [6.45, 7) is 6.49. The van der Waals surface area contributed by atoms with E-state index in [2.05, 4.69) is 4.84 Å². The Labute approximate surface area is 72.0 Å². The van der Waals surface area contributed by atoms with Gasteiger partial charge in [-0.15, -0.1) is 0 Å². The van der Waals surface area contributed by atoms with E-state index >= 15 is 0 Å². The number of rotatable bonds is 1. The van der Waals surface area contributed by atoms with Crippen LogP contribution in [-0.4, -0.2) is 18.7 Å². The maximum atomic E-state index is 11.0. The normalized spacial score (nSPS) is 29.3. The second-order valence-electron chi connectivity index (χ2n) is 4.16. The number of nitrogens with two attached hydrogens (primary N) is 1. The first-order valence-electron chi connectivity index (χ1n) is 3.99. The Kier molecular flexibility index (Phi) is 2.39. The molecular weight excluding hydrogens is 158 g/mol. The first-order valence-corrected chi connectivity index (χ1v) is 3.99. The van der Waals surface area contributed by atoms with Crippen LogP contribution in [0.1, 0.15) is 20.8 Å². The topological polar surface area (TPSA) is 61.5 Å². The van der Waals surface area contributed by atoms with Crippen molar-refractivity contribution in [1.29, 1.82) is 0 Å². The van der Waals surface area contributed by atoms with Crippen LogP contribution in [0.3, 0.4) is 0 Å². The molecule has 1 aliphatic heterocycles. The fourth-order valence-electron chi connectivity index (χ4n) is 1.42. The predicted octanol–water partition coefficient (Wildman–Crippen LogP) is 0.464. The fraction of sp³-hybridized carbons (Fsp3) is 0.875. The highest BCUT2D eigenvalue weighted by atomic mass is 16.7. The minimum absolute atomic E-state index is 0.0306. The second kappa shape index (κ2) is 3.03. The van der Waals surface area contributed by atoms with E-state index in [0.29, 0.717) is 6.61 Å². The lowest BCUT2D eigenvalue weighted by molar-refractivity contribution is -0.197. The van der Waals surface area contributed by atoms with Crippen LogP contribution < -0.4 is 5.90 Å². The smallest absolute Gasteiger partial charge is 0.332 e. The van der Waals surface area contributed by atoms with Gasteiger partial charge in [-0.2, -0.15) is 5.90 Å². The van der Waals surface area contributed by atoms with Crippen LogP contribution in [0.15, 0.2) is 0 Å². The molecule has 12 heavy (non-hydrogen) atoms. The zero-order valence-electron chi connectivity index (χ0n) is 7.66. The van der Waals surface area contributed by atoms with Gasteiger partial charge in [0.05, 0.1) is 12.7 Å². The molecule has 0 spiro atoms. The van der Waals surface area contributed by atoms with Crippen LogP contribution in [0.25, 0.3) is 0 Å². The number of ether oxygens (including phenoxy) is 1. The molecule has 0 bridgehead atoms. The summed E-state index contributed by atoms with van der Waals surface area (Å²) in [7, 11) is 0. The quantitative estimate of drug-likeness (QED) is 0.585. The standard InChI is InChI=1S/C8H15NO3/c1-8(2,3)6-5(4-11-6)7(10)12-9/h5-6H,4,9H2,1-3H3. The third kappa shape index (κ3) is 1.59. The van der Waals surface area contributed by atoms with Crippen molar-refractivity contribution in [2.45, 2.75) is 26.9 Å². The monoisotopic (exact) mass is 173 g/mol. The number of hydrogen-bond acceptors (Lipinski definition) is 4. The maximum absolute atomic E-state index is 11.0. The number of carbonyl (C=O) groups is 1. The third-order valence-electron chi connectivity index (χ3n) is 2.09. The summed E-state index contributed by atoms with van der Waals surface area (Å²) in [5, 5.41) is 0. The van der Waals surface area contributed by atoms with Crippen molar-refractivity contribution in [1.82, 2.24) is 0 Å². The molecule has 0 aliphatic carbocycles. The van der Waals surface area contributed by atoms with Gasteiger partial charge >= 0.3 is 5.97 Å². The Hall–Kier alpha value is -0.610. The van der Waals surface area contributed by atoms with Gasteiger partial charge in [0.25, 0.3) is 0 Å². The third-order valence-corrected chi connectivity index (χ3v) is 2.09. The average Bonchev–Trinajstić information content (AvgIpc) is 1.80. The summed E-state index contributed by atoms with van der Waals surface area (Å²) in [5.74, 6) is 4.22. The Morgan fingerprint density at radius 3 is 2.42 bits per heavy atom. The van der Waals surface area contributed by atoms with Crippen molar-refractivity contribution in [2.24, 2.45) is 17.2 Å². The van der Waals surface area contributed by atoms with Crippen molar-refractivity contribution >= 4 is 5.97 Å². The molecule has 70 valence electrons. The molecule has 0 amide bonds. The van der Waals surface area contributed by atoms with Gasteiger partial charge in [-0.25, -0.2) is 4.79 Å². The summed E-state index contributed by atoms with van der Waals surface area (Å²) in [4.78, 5) is 15.2. The summed E-state index contributed by atoms with van der Waals surface area (Å²) >= 11 is 0. The van der Waals surface area contributed by atoms with Crippen molar-refractivity contribution in [3.05, 3.63) is 0 Å². The lowest BCUT2D eigenvalue weighted by Gasteiger charge is -2.42. The van der Waals surface area contributed by atoms with Crippen LogP contribution in [0.2, 0.25) is 0 Å². The van der Waals surface area contributed by atoms with Gasteiger partial charge in [0, 0.05) is 0 Å². The van der Waals surface area contributed by atoms with Crippen molar-refractivity contribution < 1.29 is 14.4 Å². The maximum Gasteiger partial charge on any atom is 0.332 e. The molecule has 2 unspecified atom stereocenters. The summed E-state index contributed by atoms with van der Waals surface area (Å²) < 4.78 is 5.27. The van der Waals surface area contributed by atoms with Gasteiger partial charge < -0.3 is 9.57 Å². The van der Waals surface area contributed by atoms with Crippen LogP contribution in [0.5, 0.6) is 0 Å². The second-order valence-corrected chi connectivity index (χ2v) is 4.16. The molecule has 2 atom stereocenters. The lowest BCUT2D eigenvalue weighted by atomic mass is 9.78.